The maximum atomic E-state index is 5.83. The summed E-state index contributed by atoms with van der Waals surface area (Å²) in [6.45, 7) is 1.93. The lowest BCUT2D eigenvalue weighted by Gasteiger charge is -2.26. The van der Waals surface area contributed by atoms with Gasteiger partial charge in [0.05, 0.1) is 0 Å². The molecule has 1 unspecified atom stereocenters. The molecule has 0 aliphatic heterocycles. The van der Waals surface area contributed by atoms with Crippen molar-refractivity contribution in [2.75, 3.05) is 20.0 Å². The van der Waals surface area contributed by atoms with E-state index in [1.54, 1.807) is 20.4 Å². The first-order chi connectivity index (χ1) is 7.65. The van der Waals surface area contributed by atoms with Gasteiger partial charge in [-0.1, -0.05) is 0 Å². The lowest BCUT2D eigenvalue weighted by Crippen LogP contribution is -2.39. The largest absolute Gasteiger partial charge is 0.383 e. The van der Waals surface area contributed by atoms with Crippen molar-refractivity contribution in [2.45, 2.75) is 19.3 Å². The zero-order valence-corrected chi connectivity index (χ0v) is 9.73. The maximum Gasteiger partial charge on any atom is 0.177 e. The zero-order valence-electron chi connectivity index (χ0n) is 9.73. The monoisotopic (exact) mass is 226 g/mol. The summed E-state index contributed by atoms with van der Waals surface area (Å²) in [5.74, 6) is 5.92. The lowest BCUT2D eigenvalue weighted by molar-refractivity contribution is -0.124. The maximum absolute atomic E-state index is 5.83. The number of hydrazine groups is 1. The molecular weight excluding hydrogens is 208 g/mol. The van der Waals surface area contributed by atoms with Crippen LogP contribution in [-0.4, -0.2) is 25.5 Å². The molecule has 0 spiro atoms. The normalized spacial score (nSPS) is 13.1. The Morgan fingerprint density at radius 1 is 1.38 bits per heavy atom. The van der Waals surface area contributed by atoms with Gasteiger partial charge in [-0.2, -0.15) is 0 Å². The fraction of sp³-hybridized carbons (Fsp3) is 0.500. The summed E-state index contributed by atoms with van der Waals surface area (Å²) in [5.41, 5.74) is 10.2. The lowest BCUT2D eigenvalue weighted by atomic mass is 10.0. The van der Waals surface area contributed by atoms with E-state index in [0.29, 0.717) is 5.82 Å². The van der Waals surface area contributed by atoms with Crippen LogP contribution < -0.4 is 17.0 Å². The van der Waals surface area contributed by atoms with E-state index in [9.17, 15) is 0 Å². The van der Waals surface area contributed by atoms with E-state index in [-0.39, 0.29) is 6.04 Å². The molecule has 90 valence electrons. The number of rotatable bonds is 5. The molecule has 6 heteroatoms. The summed E-state index contributed by atoms with van der Waals surface area (Å²) in [7, 11) is 3.08. The standard InChI is InChI=1S/C10H18N4O2/c1-6-4-5-13-9(11)7(6)8(14-12)10(15-2)16-3/h4-5,8,10,14H,12H2,1-3H3,(H2,11,13). The number of nitrogen functional groups attached to an aromatic ring is 1. The summed E-state index contributed by atoms with van der Waals surface area (Å²) >= 11 is 0. The molecule has 1 aromatic rings. The highest BCUT2D eigenvalue weighted by atomic mass is 16.7. The van der Waals surface area contributed by atoms with E-state index in [2.05, 4.69) is 10.4 Å². The van der Waals surface area contributed by atoms with Gasteiger partial charge in [-0.3, -0.25) is 5.84 Å². The third-order valence-electron chi connectivity index (χ3n) is 2.47. The molecular formula is C10H18N4O2. The minimum absolute atomic E-state index is 0.358. The van der Waals surface area contributed by atoms with Gasteiger partial charge in [0, 0.05) is 26.0 Å². The van der Waals surface area contributed by atoms with E-state index in [4.69, 9.17) is 21.1 Å². The van der Waals surface area contributed by atoms with Gasteiger partial charge >= 0.3 is 0 Å². The van der Waals surface area contributed by atoms with Crippen LogP contribution in [0.1, 0.15) is 17.2 Å². The number of ether oxygens (including phenoxy) is 2. The zero-order chi connectivity index (χ0) is 12.1. The predicted molar refractivity (Wildman–Crippen MR) is 61.3 cm³/mol. The number of nitrogens with two attached hydrogens (primary N) is 2. The molecule has 1 atom stereocenters. The summed E-state index contributed by atoms with van der Waals surface area (Å²) in [6.07, 6.45) is 1.13. The molecule has 0 radical (unpaired) electrons. The van der Waals surface area contributed by atoms with Gasteiger partial charge in [0.15, 0.2) is 6.29 Å². The molecule has 0 amide bonds. The molecule has 1 aromatic heterocycles. The summed E-state index contributed by atoms with van der Waals surface area (Å²) in [4.78, 5) is 4.03. The number of hydrogen-bond acceptors (Lipinski definition) is 6. The van der Waals surface area contributed by atoms with Gasteiger partial charge in [0.25, 0.3) is 0 Å². The highest BCUT2D eigenvalue weighted by Crippen LogP contribution is 2.26. The number of pyridine rings is 1. The highest BCUT2D eigenvalue weighted by Gasteiger charge is 2.25. The van der Waals surface area contributed by atoms with E-state index in [1.165, 1.54) is 0 Å². The smallest absolute Gasteiger partial charge is 0.177 e. The number of aryl methyl sites for hydroxylation is 1. The molecule has 0 saturated heterocycles. The predicted octanol–water partition coefficient (Wildman–Crippen LogP) is 0.0955. The van der Waals surface area contributed by atoms with Crippen molar-refractivity contribution in [1.29, 1.82) is 0 Å². The Morgan fingerprint density at radius 2 is 2.00 bits per heavy atom. The van der Waals surface area contributed by atoms with Gasteiger partial charge in [0.1, 0.15) is 11.9 Å². The molecule has 0 bridgehead atoms. The Hall–Kier alpha value is -1.21. The van der Waals surface area contributed by atoms with Crippen molar-refractivity contribution >= 4 is 5.82 Å². The van der Waals surface area contributed by atoms with Crippen LogP contribution in [0, 0.1) is 6.92 Å². The van der Waals surface area contributed by atoms with Crippen LogP contribution in [0.25, 0.3) is 0 Å². The van der Waals surface area contributed by atoms with Crippen LogP contribution >= 0.6 is 0 Å². The third kappa shape index (κ3) is 2.48. The number of anilines is 1. The van der Waals surface area contributed by atoms with E-state index >= 15 is 0 Å². The number of hydrogen-bond donors (Lipinski definition) is 3. The SMILES string of the molecule is COC(OC)C(NN)c1c(C)ccnc1N. The topological polar surface area (TPSA) is 95.4 Å². The van der Waals surface area contributed by atoms with Crippen LogP contribution in [-0.2, 0) is 9.47 Å². The Labute approximate surface area is 94.9 Å². The second-order valence-electron chi connectivity index (χ2n) is 3.41. The van der Waals surface area contributed by atoms with Crippen LogP contribution in [0.2, 0.25) is 0 Å². The van der Waals surface area contributed by atoms with Gasteiger partial charge in [0.2, 0.25) is 0 Å². The number of aromatic nitrogens is 1. The third-order valence-corrected chi connectivity index (χ3v) is 2.47. The summed E-state index contributed by atoms with van der Waals surface area (Å²) < 4.78 is 10.3. The van der Waals surface area contributed by atoms with E-state index in [0.717, 1.165) is 11.1 Å². The van der Waals surface area contributed by atoms with E-state index < -0.39 is 6.29 Å². The molecule has 0 aliphatic carbocycles. The van der Waals surface area contributed by atoms with Gasteiger partial charge in [-0.15, -0.1) is 0 Å². The first-order valence-electron chi connectivity index (χ1n) is 4.88. The fourth-order valence-corrected chi connectivity index (χ4v) is 1.66. The number of nitrogens with one attached hydrogen (secondary N) is 1. The first kappa shape index (κ1) is 12.9. The minimum Gasteiger partial charge on any atom is -0.383 e. The average molecular weight is 226 g/mol. The molecule has 1 rings (SSSR count). The molecule has 0 fully saturated rings. The summed E-state index contributed by atoms with van der Waals surface area (Å²) in [5, 5.41) is 0. The number of methoxy groups -OCH3 is 2. The van der Waals surface area contributed by atoms with Crippen molar-refractivity contribution in [3.63, 3.8) is 0 Å². The average Bonchev–Trinajstić information content (AvgIpc) is 2.28. The molecule has 6 nitrogen and oxygen atoms in total. The number of nitrogens with zero attached hydrogens (tertiary/aromatic N) is 1. The van der Waals surface area contributed by atoms with Gasteiger partial charge < -0.3 is 15.2 Å². The molecule has 0 saturated carbocycles. The van der Waals surface area contributed by atoms with Crippen LogP contribution in [0.15, 0.2) is 12.3 Å². The first-order valence-corrected chi connectivity index (χ1v) is 4.88. The van der Waals surface area contributed by atoms with Crippen LogP contribution in [0.3, 0.4) is 0 Å². The highest BCUT2D eigenvalue weighted by molar-refractivity contribution is 5.46. The Bertz CT molecular complexity index is 321. The molecule has 0 aromatic carbocycles. The van der Waals surface area contributed by atoms with Crippen LogP contribution in [0.4, 0.5) is 5.82 Å². The van der Waals surface area contributed by atoms with Crippen molar-refractivity contribution in [3.05, 3.63) is 23.4 Å². The summed E-state index contributed by atoms with van der Waals surface area (Å²) in [6, 6.07) is 1.50. The second-order valence-corrected chi connectivity index (χ2v) is 3.41. The Balaban J connectivity index is 3.12. The molecule has 0 aliphatic rings. The quantitative estimate of drug-likeness (QED) is 0.374. The Kier molecular flexibility index (Phi) is 4.63. The Morgan fingerprint density at radius 3 is 2.44 bits per heavy atom. The molecule has 1 heterocycles. The van der Waals surface area contributed by atoms with Crippen molar-refractivity contribution in [1.82, 2.24) is 10.4 Å². The van der Waals surface area contributed by atoms with Crippen molar-refractivity contribution in [3.8, 4) is 0 Å². The van der Waals surface area contributed by atoms with Crippen LogP contribution in [0.5, 0.6) is 0 Å². The van der Waals surface area contributed by atoms with Gasteiger partial charge in [-0.05, 0) is 18.6 Å². The van der Waals surface area contributed by atoms with Gasteiger partial charge in [-0.25, -0.2) is 10.4 Å². The van der Waals surface area contributed by atoms with Crippen molar-refractivity contribution in [2.24, 2.45) is 5.84 Å². The van der Waals surface area contributed by atoms with Crippen molar-refractivity contribution < 1.29 is 9.47 Å². The molecule has 16 heavy (non-hydrogen) atoms. The fourth-order valence-electron chi connectivity index (χ4n) is 1.66. The molecule has 5 N–H and O–H groups in total. The van der Waals surface area contributed by atoms with E-state index in [1.807, 2.05) is 13.0 Å². The second kappa shape index (κ2) is 5.76. The minimum atomic E-state index is -0.518.